The van der Waals surface area contributed by atoms with Gasteiger partial charge in [-0.3, -0.25) is 4.79 Å². The summed E-state index contributed by atoms with van der Waals surface area (Å²) in [4.78, 5) is 25.9. The molecule has 3 rings (SSSR count). The van der Waals surface area contributed by atoms with Crippen molar-refractivity contribution >= 4 is 27.7 Å². The minimum atomic E-state index is -1.16. The van der Waals surface area contributed by atoms with Crippen molar-refractivity contribution in [2.45, 2.75) is 45.7 Å². The average molecular weight is 408 g/mol. The van der Waals surface area contributed by atoms with E-state index >= 15 is 0 Å². The number of carboxylic acids is 1. The number of Topliss-reactive ketones (excluding diaryl/α,β-unsaturated/α-hetero) is 1. The number of carboxylic acid groups (broad SMARTS) is 1. The van der Waals surface area contributed by atoms with E-state index < -0.39 is 5.97 Å². The normalized spacial score (nSPS) is 22.8. The van der Waals surface area contributed by atoms with E-state index in [0.717, 1.165) is 16.5 Å². The lowest BCUT2D eigenvalue weighted by Gasteiger charge is -2.50. The number of nitrogens with zero attached hydrogens (tertiary/aromatic N) is 1. The largest absolute Gasteiger partial charge is 0.496 e. The molecule has 0 bridgehead atoms. The van der Waals surface area contributed by atoms with Gasteiger partial charge in [0, 0.05) is 18.7 Å². The molecule has 2 heterocycles. The fourth-order valence-electron chi connectivity index (χ4n) is 3.78. The number of benzene rings is 1. The highest BCUT2D eigenvalue weighted by molar-refractivity contribution is 9.10. The Labute approximate surface area is 155 Å². The molecule has 0 saturated carbocycles. The maximum absolute atomic E-state index is 12.4. The lowest BCUT2D eigenvalue weighted by molar-refractivity contribution is -0.135. The van der Waals surface area contributed by atoms with Crippen LogP contribution in [0.3, 0.4) is 0 Å². The molecule has 2 aliphatic heterocycles. The van der Waals surface area contributed by atoms with Crippen molar-refractivity contribution in [3.63, 3.8) is 0 Å². The molecule has 1 N–H and O–H groups in total. The van der Waals surface area contributed by atoms with E-state index in [2.05, 4.69) is 47.7 Å². The van der Waals surface area contributed by atoms with Gasteiger partial charge in [-0.05, 0) is 51.0 Å². The number of methoxy groups -OCH3 is 1. The van der Waals surface area contributed by atoms with Crippen LogP contribution >= 0.6 is 15.9 Å². The minimum Gasteiger partial charge on any atom is -0.496 e. The van der Waals surface area contributed by atoms with Crippen LogP contribution in [-0.4, -0.2) is 34.9 Å². The second-order valence-electron chi connectivity index (χ2n) is 7.71. The van der Waals surface area contributed by atoms with Crippen molar-refractivity contribution in [3.05, 3.63) is 39.5 Å². The molecule has 2 unspecified atom stereocenters. The Morgan fingerprint density at radius 3 is 2.56 bits per heavy atom. The van der Waals surface area contributed by atoms with Crippen LogP contribution in [0.15, 0.2) is 28.4 Å². The van der Waals surface area contributed by atoms with Gasteiger partial charge in [-0.15, -0.1) is 0 Å². The summed E-state index contributed by atoms with van der Waals surface area (Å²) < 4.78 is 6.30. The summed E-state index contributed by atoms with van der Waals surface area (Å²) >= 11 is 3.54. The Bertz CT molecular complexity index is 778. The van der Waals surface area contributed by atoms with E-state index in [1.807, 2.05) is 6.07 Å². The number of ketones is 1. The van der Waals surface area contributed by atoms with Crippen LogP contribution in [0.4, 0.5) is 0 Å². The van der Waals surface area contributed by atoms with Crippen molar-refractivity contribution in [3.8, 4) is 5.75 Å². The van der Waals surface area contributed by atoms with Crippen LogP contribution in [0.5, 0.6) is 5.75 Å². The highest BCUT2D eigenvalue weighted by atomic mass is 79.9. The first-order chi connectivity index (χ1) is 11.6. The molecule has 0 saturated heterocycles. The van der Waals surface area contributed by atoms with Crippen LogP contribution in [0.1, 0.15) is 44.4 Å². The van der Waals surface area contributed by atoms with Crippen molar-refractivity contribution in [1.29, 1.82) is 0 Å². The zero-order valence-corrected chi connectivity index (χ0v) is 16.4. The van der Waals surface area contributed by atoms with Gasteiger partial charge in [0.1, 0.15) is 11.3 Å². The average Bonchev–Trinajstić information content (AvgIpc) is 2.51. The predicted octanol–water partition coefficient (Wildman–Crippen LogP) is 3.71. The molecule has 6 heteroatoms. The third kappa shape index (κ3) is 3.08. The van der Waals surface area contributed by atoms with Crippen molar-refractivity contribution in [2.75, 3.05) is 7.11 Å². The van der Waals surface area contributed by atoms with E-state index in [9.17, 15) is 14.7 Å². The first-order valence-corrected chi connectivity index (χ1v) is 9.05. The number of hydrogen-bond donors (Lipinski definition) is 1. The Kier molecular flexibility index (Phi) is 4.43. The standard InChI is InChI=1S/C19H22BrNO4/c1-19(2,3)17-6-10-5-13(20)16(25-4)7-11(10)14-8-15(22)12(18(23)24)9-21(14)17/h5,7,9,14,17H,6,8H2,1-4H3,(H,23,24). The van der Waals surface area contributed by atoms with Crippen LogP contribution in [0.25, 0.3) is 0 Å². The summed E-state index contributed by atoms with van der Waals surface area (Å²) in [5.74, 6) is -0.764. The molecule has 0 amide bonds. The number of ether oxygens (including phenoxy) is 1. The summed E-state index contributed by atoms with van der Waals surface area (Å²) in [6.45, 7) is 6.43. The lowest BCUT2D eigenvalue weighted by Crippen LogP contribution is -2.50. The molecular formula is C19H22BrNO4. The van der Waals surface area contributed by atoms with Crippen LogP contribution in [-0.2, 0) is 16.0 Å². The summed E-state index contributed by atoms with van der Waals surface area (Å²) in [7, 11) is 1.61. The highest BCUT2D eigenvalue weighted by Crippen LogP contribution is 2.46. The van der Waals surface area contributed by atoms with Crippen LogP contribution < -0.4 is 4.74 Å². The van der Waals surface area contributed by atoms with Crippen molar-refractivity contribution in [1.82, 2.24) is 4.90 Å². The topological polar surface area (TPSA) is 66.8 Å². The molecule has 2 atom stereocenters. The number of fused-ring (bicyclic) bond motifs is 3. The number of aliphatic carboxylic acids is 1. The molecule has 0 aromatic heterocycles. The van der Waals surface area contributed by atoms with Gasteiger partial charge in [0.15, 0.2) is 5.78 Å². The van der Waals surface area contributed by atoms with Crippen LogP contribution in [0.2, 0.25) is 0 Å². The number of halogens is 1. The number of rotatable bonds is 2. The smallest absolute Gasteiger partial charge is 0.340 e. The third-order valence-electron chi connectivity index (χ3n) is 5.09. The molecular weight excluding hydrogens is 386 g/mol. The Balaban J connectivity index is 2.18. The number of carbonyl (C=O) groups excluding carboxylic acids is 1. The molecule has 1 aromatic carbocycles. The summed E-state index contributed by atoms with van der Waals surface area (Å²) in [6.07, 6.45) is 2.50. The molecule has 2 aliphatic rings. The van der Waals surface area contributed by atoms with Crippen LogP contribution in [0, 0.1) is 5.41 Å². The number of carbonyl (C=O) groups is 2. The Morgan fingerprint density at radius 2 is 2.00 bits per heavy atom. The van der Waals surface area contributed by atoms with E-state index in [4.69, 9.17) is 4.74 Å². The fraction of sp³-hybridized carbons (Fsp3) is 0.474. The molecule has 0 fully saturated rings. The summed E-state index contributed by atoms with van der Waals surface area (Å²) in [5.41, 5.74) is 2.02. The maximum Gasteiger partial charge on any atom is 0.340 e. The fourth-order valence-corrected chi connectivity index (χ4v) is 4.33. The molecule has 0 aliphatic carbocycles. The van der Waals surface area contributed by atoms with E-state index in [-0.39, 0.29) is 35.3 Å². The van der Waals surface area contributed by atoms with Gasteiger partial charge in [0.25, 0.3) is 0 Å². The van der Waals surface area contributed by atoms with Gasteiger partial charge in [0.2, 0.25) is 0 Å². The van der Waals surface area contributed by atoms with Gasteiger partial charge in [-0.25, -0.2) is 4.79 Å². The van der Waals surface area contributed by atoms with Gasteiger partial charge < -0.3 is 14.7 Å². The van der Waals surface area contributed by atoms with Gasteiger partial charge >= 0.3 is 5.97 Å². The lowest BCUT2D eigenvalue weighted by atomic mass is 9.74. The van der Waals surface area contributed by atoms with Crippen molar-refractivity contribution in [2.24, 2.45) is 5.41 Å². The molecule has 1 aromatic rings. The monoisotopic (exact) mass is 407 g/mol. The minimum absolute atomic E-state index is 0.0666. The SMILES string of the molecule is COc1cc2c(cc1Br)CC(C(C)(C)C)N1C=C(C(=O)O)C(=O)CC21. The molecule has 134 valence electrons. The first-order valence-electron chi connectivity index (χ1n) is 8.25. The third-order valence-corrected chi connectivity index (χ3v) is 5.71. The summed E-state index contributed by atoms with van der Waals surface area (Å²) in [5, 5.41) is 9.36. The molecule has 5 nitrogen and oxygen atoms in total. The van der Waals surface area contributed by atoms with Crippen molar-refractivity contribution < 1.29 is 19.4 Å². The Morgan fingerprint density at radius 1 is 1.32 bits per heavy atom. The van der Waals surface area contributed by atoms with E-state index in [1.165, 1.54) is 5.56 Å². The Hall–Kier alpha value is -1.82. The van der Waals surface area contributed by atoms with E-state index in [0.29, 0.717) is 5.75 Å². The van der Waals surface area contributed by atoms with Gasteiger partial charge in [-0.2, -0.15) is 0 Å². The second kappa shape index (κ2) is 6.16. The second-order valence-corrected chi connectivity index (χ2v) is 8.56. The maximum atomic E-state index is 12.4. The van der Waals surface area contributed by atoms with E-state index in [1.54, 1.807) is 13.3 Å². The number of hydrogen-bond acceptors (Lipinski definition) is 4. The first kappa shape index (κ1) is 18.0. The highest BCUT2D eigenvalue weighted by Gasteiger charge is 2.43. The predicted molar refractivity (Wildman–Crippen MR) is 97.6 cm³/mol. The van der Waals surface area contributed by atoms with Gasteiger partial charge in [0.05, 0.1) is 17.6 Å². The molecule has 25 heavy (non-hydrogen) atoms. The zero-order valence-electron chi connectivity index (χ0n) is 14.8. The summed E-state index contributed by atoms with van der Waals surface area (Å²) in [6, 6.07) is 3.96. The van der Waals surface area contributed by atoms with Gasteiger partial charge in [-0.1, -0.05) is 20.8 Å². The quantitative estimate of drug-likeness (QED) is 0.756. The zero-order chi connectivity index (χ0) is 18.5. The molecule has 0 spiro atoms. The molecule has 0 radical (unpaired) electrons.